The van der Waals surface area contributed by atoms with Crippen molar-refractivity contribution in [3.8, 4) is 17.3 Å². The van der Waals surface area contributed by atoms with Gasteiger partial charge in [0.2, 0.25) is 0 Å². The van der Waals surface area contributed by atoms with Crippen LogP contribution in [0, 0.1) is 10.5 Å². The van der Waals surface area contributed by atoms with Crippen LogP contribution in [0.5, 0.6) is 11.5 Å². The molecule has 3 rings (SSSR count). The average Bonchev–Trinajstić information content (AvgIpc) is 3.12. The molecule has 7 nitrogen and oxygen atoms in total. The Labute approximate surface area is 170 Å². The minimum absolute atomic E-state index is 0.183. The molecule has 0 radical (unpaired) electrons. The molecule has 0 saturated carbocycles. The fraction of sp³-hybridized carbons (Fsp3) is 0.211. The summed E-state index contributed by atoms with van der Waals surface area (Å²) >= 11 is 2.11. The number of ether oxygens (including phenoxy) is 2. The zero-order valence-electron chi connectivity index (χ0n) is 15.2. The van der Waals surface area contributed by atoms with Crippen LogP contribution in [0.3, 0.4) is 0 Å². The van der Waals surface area contributed by atoms with Crippen LogP contribution in [0.4, 0.5) is 0 Å². The summed E-state index contributed by atoms with van der Waals surface area (Å²) in [6.45, 7) is 2.29. The molecule has 0 aliphatic carbocycles. The second-order valence-corrected chi connectivity index (χ2v) is 6.90. The zero-order valence-corrected chi connectivity index (χ0v) is 17.4. The van der Waals surface area contributed by atoms with Crippen LogP contribution >= 0.6 is 22.6 Å². The first-order valence-electron chi connectivity index (χ1n) is 8.18. The maximum absolute atomic E-state index is 12.6. The van der Waals surface area contributed by atoms with E-state index in [-0.39, 0.29) is 5.91 Å². The van der Waals surface area contributed by atoms with E-state index in [1.807, 2.05) is 29.8 Å². The Bertz CT molecular complexity index is 971. The van der Waals surface area contributed by atoms with Gasteiger partial charge < -0.3 is 14.8 Å². The molecule has 0 aliphatic heterocycles. The lowest BCUT2D eigenvalue weighted by Gasteiger charge is -2.12. The van der Waals surface area contributed by atoms with Gasteiger partial charge >= 0.3 is 0 Å². The first-order chi connectivity index (χ1) is 13.0. The van der Waals surface area contributed by atoms with Crippen molar-refractivity contribution in [1.82, 2.24) is 19.9 Å². The van der Waals surface area contributed by atoms with Gasteiger partial charge in [-0.2, -0.15) is 0 Å². The molecule has 0 fully saturated rings. The number of rotatable bonds is 6. The van der Waals surface area contributed by atoms with E-state index < -0.39 is 0 Å². The normalized spacial score (nSPS) is 10.5. The van der Waals surface area contributed by atoms with Crippen molar-refractivity contribution in [2.24, 2.45) is 0 Å². The maximum atomic E-state index is 12.6. The summed E-state index contributed by atoms with van der Waals surface area (Å²) in [5.74, 6) is 2.54. The highest BCUT2D eigenvalue weighted by atomic mass is 127. The van der Waals surface area contributed by atoms with E-state index in [0.29, 0.717) is 23.6 Å². The van der Waals surface area contributed by atoms with E-state index in [0.717, 1.165) is 20.8 Å². The summed E-state index contributed by atoms with van der Waals surface area (Å²) in [4.78, 5) is 21.2. The van der Waals surface area contributed by atoms with Crippen LogP contribution in [0.2, 0.25) is 0 Å². The van der Waals surface area contributed by atoms with Crippen molar-refractivity contribution in [2.45, 2.75) is 13.5 Å². The van der Waals surface area contributed by atoms with Gasteiger partial charge in [-0.25, -0.2) is 9.97 Å². The van der Waals surface area contributed by atoms with Crippen LogP contribution in [0.15, 0.2) is 42.9 Å². The smallest absolute Gasteiger partial charge is 0.252 e. The van der Waals surface area contributed by atoms with Gasteiger partial charge in [-0.05, 0) is 59.3 Å². The van der Waals surface area contributed by atoms with Crippen molar-refractivity contribution < 1.29 is 14.3 Å². The second kappa shape index (κ2) is 8.38. The SMILES string of the molecule is COc1cc(I)c(C(=O)NCc2ccnc(-n3ccnc3C)c2)cc1OC. The van der Waals surface area contributed by atoms with E-state index in [1.165, 1.54) is 0 Å². The van der Waals surface area contributed by atoms with Crippen LogP contribution in [0.25, 0.3) is 5.82 Å². The topological polar surface area (TPSA) is 78.3 Å². The summed E-state index contributed by atoms with van der Waals surface area (Å²) in [5.41, 5.74) is 1.48. The molecule has 0 atom stereocenters. The van der Waals surface area contributed by atoms with Gasteiger partial charge in [-0.3, -0.25) is 9.36 Å². The number of hydrogen-bond donors (Lipinski definition) is 1. The number of aromatic nitrogens is 3. The number of imidazole rings is 1. The Balaban J connectivity index is 1.76. The lowest BCUT2D eigenvalue weighted by atomic mass is 10.1. The summed E-state index contributed by atoms with van der Waals surface area (Å²) in [6.07, 6.45) is 5.30. The number of nitrogens with one attached hydrogen (secondary N) is 1. The van der Waals surface area contributed by atoms with Crippen LogP contribution in [-0.2, 0) is 6.54 Å². The summed E-state index contributed by atoms with van der Waals surface area (Å²) in [6, 6.07) is 7.26. The number of carbonyl (C=O) groups is 1. The molecule has 1 aromatic carbocycles. The van der Waals surface area contributed by atoms with Crippen LogP contribution < -0.4 is 14.8 Å². The van der Waals surface area contributed by atoms with Gasteiger partial charge in [0, 0.05) is 28.7 Å². The Morgan fingerprint density at radius 2 is 1.89 bits per heavy atom. The van der Waals surface area contributed by atoms with Gasteiger partial charge in [0.25, 0.3) is 5.91 Å². The highest BCUT2D eigenvalue weighted by Crippen LogP contribution is 2.31. The van der Waals surface area contributed by atoms with E-state index in [9.17, 15) is 4.79 Å². The van der Waals surface area contributed by atoms with E-state index in [4.69, 9.17) is 9.47 Å². The highest BCUT2D eigenvalue weighted by molar-refractivity contribution is 14.1. The fourth-order valence-electron chi connectivity index (χ4n) is 2.63. The molecule has 1 amide bonds. The number of aryl methyl sites for hydroxylation is 1. The Kier molecular flexibility index (Phi) is 5.94. The molecule has 27 heavy (non-hydrogen) atoms. The first kappa shape index (κ1) is 19.2. The van der Waals surface area contributed by atoms with Gasteiger partial charge in [-0.15, -0.1) is 0 Å². The van der Waals surface area contributed by atoms with Crippen LogP contribution in [0.1, 0.15) is 21.7 Å². The third-order valence-corrected chi connectivity index (χ3v) is 4.95. The molecule has 0 saturated heterocycles. The van der Waals surface area contributed by atoms with Crippen molar-refractivity contribution in [2.75, 3.05) is 14.2 Å². The lowest BCUT2D eigenvalue weighted by Crippen LogP contribution is -2.24. The summed E-state index contributed by atoms with van der Waals surface area (Å²) in [5, 5.41) is 2.94. The number of nitrogens with zero attached hydrogens (tertiary/aromatic N) is 3. The molecule has 140 valence electrons. The highest BCUT2D eigenvalue weighted by Gasteiger charge is 2.15. The van der Waals surface area contributed by atoms with Crippen LogP contribution in [-0.4, -0.2) is 34.7 Å². The minimum atomic E-state index is -0.183. The standard InChI is InChI=1S/C19H19IN4O3/c1-12-21-6-7-24(12)18-8-13(4-5-22-18)11-23-19(25)14-9-16(26-2)17(27-3)10-15(14)20/h4-10H,11H2,1-3H3,(H,23,25). The maximum Gasteiger partial charge on any atom is 0.252 e. The molecular weight excluding hydrogens is 459 g/mol. The van der Waals surface area contributed by atoms with Gasteiger partial charge in [-0.1, -0.05) is 0 Å². The number of benzene rings is 1. The summed E-state index contributed by atoms with van der Waals surface area (Å²) in [7, 11) is 3.11. The third kappa shape index (κ3) is 4.21. The molecule has 0 bridgehead atoms. The lowest BCUT2D eigenvalue weighted by molar-refractivity contribution is 0.0949. The fourth-order valence-corrected chi connectivity index (χ4v) is 3.31. The number of amides is 1. The van der Waals surface area contributed by atoms with Crippen molar-refractivity contribution in [1.29, 1.82) is 0 Å². The number of pyridine rings is 1. The molecular formula is C19H19IN4O3. The largest absolute Gasteiger partial charge is 0.493 e. The van der Waals surface area contributed by atoms with Crippen molar-refractivity contribution in [3.63, 3.8) is 0 Å². The molecule has 0 unspecified atom stereocenters. The molecule has 1 N–H and O–H groups in total. The van der Waals surface area contributed by atoms with Crippen molar-refractivity contribution in [3.05, 3.63) is 63.4 Å². The number of halogens is 1. The predicted molar refractivity (Wildman–Crippen MR) is 110 cm³/mol. The molecule has 8 heteroatoms. The number of methoxy groups -OCH3 is 2. The van der Waals surface area contributed by atoms with Gasteiger partial charge in [0.1, 0.15) is 11.6 Å². The predicted octanol–water partition coefficient (Wildman–Crippen LogP) is 3.13. The Morgan fingerprint density at radius 3 is 2.56 bits per heavy atom. The molecule has 2 aromatic heterocycles. The average molecular weight is 478 g/mol. The Morgan fingerprint density at radius 1 is 1.15 bits per heavy atom. The molecule has 3 aromatic rings. The number of hydrogen-bond acceptors (Lipinski definition) is 5. The zero-order chi connectivity index (χ0) is 19.4. The summed E-state index contributed by atoms with van der Waals surface area (Å²) < 4.78 is 13.2. The van der Waals surface area contributed by atoms with E-state index >= 15 is 0 Å². The second-order valence-electron chi connectivity index (χ2n) is 5.74. The molecule has 2 heterocycles. The first-order valence-corrected chi connectivity index (χ1v) is 9.26. The van der Waals surface area contributed by atoms with Gasteiger partial charge in [0.15, 0.2) is 11.5 Å². The quantitative estimate of drug-likeness (QED) is 0.551. The Hall–Kier alpha value is -2.62. The molecule has 0 aliphatic rings. The molecule has 0 spiro atoms. The van der Waals surface area contributed by atoms with Gasteiger partial charge in [0.05, 0.1) is 19.8 Å². The third-order valence-electron chi connectivity index (χ3n) is 4.05. The van der Waals surface area contributed by atoms with E-state index in [2.05, 4.69) is 37.9 Å². The minimum Gasteiger partial charge on any atom is -0.493 e. The monoisotopic (exact) mass is 478 g/mol. The van der Waals surface area contributed by atoms with E-state index in [1.54, 1.807) is 38.7 Å². The van der Waals surface area contributed by atoms with Crippen molar-refractivity contribution >= 4 is 28.5 Å². The number of carbonyl (C=O) groups excluding carboxylic acids is 1.